The molecule has 0 saturated carbocycles. The number of oxazole rings is 1. The summed E-state index contributed by atoms with van der Waals surface area (Å²) in [5.41, 5.74) is -0.274. The molecule has 0 bridgehead atoms. The number of aromatic nitrogens is 1. The first-order chi connectivity index (χ1) is 14.0. The van der Waals surface area contributed by atoms with Crippen molar-refractivity contribution in [1.29, 1.82) is 0 Å². The largest absolute Gasteiger partial charge is 0.450 e. The van der Waals surface area contributed by atoms with Gasteiger partial charge in [-0.2, -0.15) is 0 Å². The van der Waals surface area contributed by atoms with Gasteiger partial charge in [-0.05, 0) is 31.9 Å². The molecule has 7 nitrogen and oxygen atoms in total. The smallest absolute Gasteiger partial charge is 0.409 e. The summed E-state index contributed by atoms with van der Waals surface area (Å²) in [6, 6.07) is 3.54. The van der Waals surface area contributed by atoms with E-state index in [-0.39, 0.29) is 48.1 Å². The fourth-order valence-electron chi connectivity index (χ4n) is 3.22. The predicted octanol–water partition coefficient (Wildman–Crippen LogP) is 3.29. The molecule has 2 aromatic rings. The molecule has 1 N–H and O–H groups in total. The third-order valence-corrected chi connectivity index (χ3v) is 4.71. The Morgan fingerprint density at radius 3 is 2.62 bits per heavy atom. The number of rotatable bonds is 6. The molecule has 0 radical (unpaired) electrons. The van der Waals surface area contributed by atoms with E-state index in [1.807, 2.05) is 0 Å². The van der Waals surface area contributed by atoms with Gasteiger partial charge in [0.1, 0.15) is 11.6 Å². The fraction of sp³-hybridized carbons (Fsp3) is 0.450. The van der Waals surface area contributed by atoms with Crippen molar-refractivity contribution < 1.29 is 27.5 Å². The molecule has 1 aliphatic heterocycles. The summed E-state index contributed by atoms with van der Waals surface area (Å²) in [7, 11) is 0. The van der Waals surface area contributed by atoms with Crippen molar-refractivity contribution in [2.75, 3.05) is 19.7 Å². The topological polar surface area (TPSA) is 84.7 Å². The maximum atomic E-state index is 13.8. The van der Waals surface area contributed by atoms with Gasteiger partial charge >= 0.3 is 6.09 Å². The predicted molar refractivity (Wildman–Crippen MR) is 99.9 cm³/mol. The number of hydrogen-bond donors (Lipinski definition) is 1. The Balaban J connectivity index is 1.46. The molecule has 1 aromatic heterocycles. The van der Waals surface area contributed by atoms with Gasteiger partial charge in [-0.3, -0.25) is 4.79 Å². The lowest BCUT2D eigenvalue weighted by molar-refractivity contribution is -0.122. The molecular formula is C20H23F2N3O4. The molecule has 0 aliphatic carbocycles. The normalized spacial score (nSPS) is 14.7. The monoisotopic (exact) mass is 407 g/mol. The number of ether oxygens (including phenoxy) is 1. The summed E-state index contributed by atoms with van der Waals surface area (Å²) in [6.45, 7) is 3.15. The van der Waals surface area contributed by atoms with Crippen LogP contribution in [0.25, 0.3) is 11.3 Å². The van der Waals surface area contributed by atoms with Crippen molar-refractivity contribution in [3.05, 3.63) is 41.9 Å². The summed E-state index contributed by atoms with van der Waals surface area (Å²) in [5, 5.41) is 2.93. The minimum atomic E-state index is -0.736. The average Bonchev–Trinajstić information content (AvgIpc) is 3.15. The van der Waals surface area contributed by atoms with Crippen LogP contribution in [0, 0.1) is 11.6 Å². The van der Waals surface area contributed by atoms with Crippen LogP contribution in [0.2, 0.25) is 0 Å². The van der Waals surface area contributed by atoms with Crippen molar-refractivity contribution in [3.63, 3.8) is 0 Å². The molecule has 1 fully saturated rings. The second kappa shape index (κ2) is 9.49. The Morgan fingerprint density at radius 2 is 1.97 bits per heavy atom. The molecule has 1 aromatic carbocycles. The lowest BCUT2D eigenvalue weighted by Crippen LogP contribution is -2.46. The minimum absolute atomic E-state index is 0.0117. The summed E-state index contributed by atoms with van der Waals surface area (Å²) in [5.74, 6) is -1.42. The summed E-state index contributed by atoms with van der Waals surface area (Å²) in [4.78, 5) is 29.5. The van der Waals surface area contributed by atoms with Crippen molar-refractivity contribution >= 4 is 12.0 Å². The van der Waals surface area contributed by atoms with Gasteiger partial charge in [0.25, 0.3) is 0 Å². The third-order valence-electron chi connectivity index (χ3n) is 4.71. The number of carbonyl (C=O) groups excluding carboxylic acids is 2. The van der Waals surface area contributed by atoms with Gasteiger partial charge in [-0.25, -0.2) is 18.6 Å². The van der Waals surface area contributed by atoms with Crippen LogP contribution in [0.4, 0.5) is 13.6 Å². The van der Waals surface area contributed by atoms with E-state index < -0.39 is 11.6 Å². The highest BCUT2D eigenvalue weighted by molar-refractivity contribution is 5.76. The number of halogens is 2. The van der Waals surface area contributed by atoms with Crippen LogP contribution in [-0.4, -0.2) is 47.6 Å². The zero-order valence-corrected chi connectivity index (χ0v) is 16.1. The molecular weight excluding hydrogens is 384 g/mol. The van der Waals surface area contributed by atoms with E-state index in [1.54, 1.807) is 11.8 Å². The first kappa shape index (κ1) is 20.8. The highest BCUT2D eigenvalue weighted by Crippen LogP contribution is 2.26. The zero-order chi connectivity index (χ0) is 20.8. The van der Waals surface area contributed by atoms with Gasteiger partial charge in [-0.15, -0.1) is 0 Å². The first-order valence-electron chi connectivity index (χ1n) is 9.58. The van der Waals surface area contributed by atoms with Crippen molar-refractivity contribution in [2.24, 2.45) is 0 Å². The highest BCUT2D eigenvalue weighted by Gasteiger charge is 2.24. The lowest BCUT2D eigenvalue weighted by Gasteiger charge is -2.31. The van der Waals surface area contributed by atoms with Gasteiger partial charge in [0.05, 0.1) is 18.4 Å². The summed E-state index contributed by atoms with van der Waals surface area (Å²) < 4.78 is 38.0. The molecule has 1 aliphatic rings. The SMILES string of the molecule is CCOC(=O)N1CCC(NC(=O)CCc2ncc(-c3c(F)cccc3F)o2)CC1. The lowest BCUT2D eigenvalue weighted by atomic mass is 10.1. The van der Waals surface area contributed by atoms with Gasteiger partial charge < -0.3 is 19.4 Å². The molecule has 2 heterocycles. The van der Waals surface area contributed by atoms with E-state index in [0.717, 1.165) is 12.1 Å². The van der Waals surface area contributed by atoms with E-state index >= 15 is 0 Å². The number of nitrogens with one attached hydrogen (secondary N) is 1. The van der Waals surface area contributed by atoms with Crippen molar-refractivity contribution in [2.45, 2.75) is 38.6 Å². The maximum absolute atomic E-state index is 13.8. The van der Waals surface area contributed by atoms with Crippen LogP contribution >= 0.6 is 0 Å². The quantitative estimate of drug-likeness (QED) is 0.794. The number of carbonyl (C=O) groups is 2. The second-order valence-corrected chi connectivity index (χ2v) is 6.74. The third kappa shape index (κ3) is 5.30. The summed E-state index contributed by atoms with van der Waals surface area (Å²) in [6.07, 6.45) is 2.57. The molecule has 2 amide bonds. The number of likely N-dealkylation sites (tertiary alicyclic amines) is 1. The molecule has 156 valence electrons. The number of benzene rings is 1. The van der Waals surface area contributed by atoms with Crippen LogP contribution < -0.4 is 5.32 Å². The molecule has 29 heavy (non-hydrogen) atoms. The van der Waals surface area contributed by atoms with Gasteiger partial charge in [-0.1, -0.05) is 6.07 Å². The van der Waals surface area contributed by atoms with E-state index in [1.165, 1.54) is 12.3 Å². The van der Waals surface area contributed by atoms with Crippen LogP contribution in [0.1, 0.15) is 32.1 Å². The van der Waals surface area contributed by atoms with E-state index in [9.17, 15) is 18.4 Å². The molecule has 1 saturated heterocycles. The second-order valence-electron chi connectivity index (χ2n) is 6.74. The van der Waals surface area contributed by atoms with Crippen LogP contribution in [0.5, 0.6) is 0 Å². The van der Waals surface area contributed by atoms with E-state index in [2.05, 4.69) is 10.3 Å². The number of nitrogens with zero attached hydrogens (tertiary/aromatic N) is 2. The number of piperidine rings is 1. The molecule has 0 unspecified atom stereocenters. The van der Waals surface area contributed by atoms with Crippen LogP contribution in [-0.2, 0) is 16.0 Å². The Hall–Kier alpha value is -2.97. The number of aryl methyl sites for hydroxylation is 1. The highest BCUT2D eigenvalue weighted by atomic mass is 19.1. The first-order valence-corrected chi connectivity index (χ1v) is 9.58. The minimum Gasteiger partial charge on any atom is -0.450 e. The number of hydrogen-bond acceptors (Lipinski definition) is 5. The molecule has 3 rings (SSSR count). The Labute approximate surface area is 167 Å². The van der Waals surface area contributed by atoms with E-state index in [4.69, 9.17) is 9.15 Å². The maximum Gasteiger partial charge on any atom is 0.409 e. The molecule has 0 atom stereocenters. The van der Waals surface area contributed by atoms with Gasteiger partial charge in [0.2, 0.25) is 5.91 Å². The van der Waals surface area contributed by atoms with Crippen molar-refractivity contribution in [3.8, 4) is 11.3 Å². The fourth-order valence-corrected chi connectivity index (χ4v) is 3.22. The Morgan fingerprint density at radius 1 is 1.28 bits per heavy atom. The zero-order valence-electron chi connectivity index (χ0n) is 16.1. The van der Waals surface area contributed by atoms with Gasteiger partial charge in [0, 0.05) is 32.0 Å². The standard InChI is InChI=1S/C20H23F2N3O4/c1-2-28-20(27)25-10-8-13(9-11-25)24-17(26)6-7-18-23-12-16(29-18)19-14(21)4-3-5-15(19)22/h3-5,12-13H,2,6-11H2,1H3,(H,24,26). The van der Waals surface area contributed by atoms with E-state index in [0.29, 0.717) is 32.5 Å². The average molecular weight is 407 g/mol. The van der Waals surface area contributed by atoms with Crippen LogP contribution in [0.3, 0.4) is 0 Å². The number of amides is 2. The van der Waals surface area contributed by atoms with Gasteiger partial charge in [0.15, 0.2) is 11.7 Å². The molecule has 9 heteroatoms. The van der Waals surface area contributed by atoms with Crippen molar-refractivity contribution in [1.82, 2.24) is 15.2 Å². The van der Waals surface area contributed by atoms with Crippen LogP contribution in [0.15, 0.2) is 28.8 Å². The Kier molecular flexibility index (Phi) is 6.79. The molecule has 0 spiro atoms. The Bertz CT molecular complexity index is 843. The summed E-state index contributed by atoms with van der Waals surface area (Å²) >= 11 is 0.